The topological polar surface area (TPSA) is 73.6 Å². The van der Waals surface area contributed by atoms with Crippen molar-refractivity contribution in [3.8, 4) is 5.75 Å². The number of hydrogen-bond donors (Lipinski definition) is 2. The van der Waals surface area contributed by atoms with Gasteiger partial charge in [0.2, 0.25) is 5.91 Å². The monoisotopic (exact) mass is 330 g/mol. The van der Waals surface area contributed by atoms with Crippen molar-refractivity contribution in [1.82, 2.24) is 5.32 Å². The van der Waals surface area contributed by atoms with Gasteiger partial charge in [0.15, 0.2) is 0 Å². The summed E-state index contributed by atoms with van der Waals surface area (Å²) < 4.78 is 10.7. The summed E-state index contributed by atoms with van der Waals surface area (Å²) in [5.41, 5.74) is 6.81. The smallest absolute Gasteiger partial charge is 0.237 e. The first-order valence-electron chi connectivity index (χ1n) is 7.26. The van der Waals surface area contributed by atoms with Gasteiger partial charge in [-0.05, 0) is 31.0 Å². The van der Waals surface area contributed by atoms with E-state index in [4.69, 9.17) is 15.2 Å². The molecule has 126 valence electrons. The summed E-state index contributed by atoms with van der Waals surface area (Å²) >= 11 is 0. The molecule has 0 aromatic heterocycles. The number of halogens is 1. The van der Waals surface area contributed by atoms with Crippen molar-refractivity contribution in [3.63, 3.8) is 0 Å². The van der Waals surface area contributed by atoms with Gasteiger partial charge in [-0.2, -0.15) is 0 Å². The summed E-state index contributed by atoms with van der Waals surface area (Å²) in [7, 11) is 3.25. The molecule has 3 unspecified atom stereocenters. The molecule has 22 heavy (non-hydrogen) atoms. The maximum atomic E-state index is 12.0. The van der Waals surface area contributed by atoms with Gasteiger partial charge < -0.3 is 20.5 Å². The van der Waals surface area contributed by atoms with Crippen LogP contribution in [0.1, 0.15) is 38.4 Å². The summed E-state index contributed by atoms with van der Waals surface area (Å²) in [5, 5.41) is 2.92. The number of methoxy groups -OCH3 is 2. The van der Waals surface area contributed by atoms with E-state index in [-0.39, 0.29) is 30.5 Å². The maximum absolute atomic E-state index is 12.0. The molecular formula is C16H27ClN2O3. The van der Waals surface area contributed by atoms with Crippen molar-refractivity contribution < 1.29 is 14.3 Å². The molecule has 0 saturated heterocycles. The minimum absolute atomic E-state index is 0. The standard InChI is InChI=1S/C16H26N2O3.ClH/c1-5-6-14(17)16(19)18-11(2)15(21-4)12-7-9-13(20-3)10-8-12;/h7-11,14-15H,5-6,17H2,1-4H3,(H,18,19);1H. The van der Waals surface area contributed by atoms with E-state index >= 15 is 0 Å². The minimum atomic E-state index is -0.467. The molecule has 0 saturated carbocycles. The molecule has 0 fully saturated rings. The van der Waals surface area contributed by atoms with Crippen molar-refractivity contribution in [2.75, 3.05) is 14.2 Å². The Kier molecular flexibility index (Phi) is 9.81. The van der Waals surface area contributed by atoms with Crippen LogP contribution in [0.15, 0.2) is 24.3 Å². The highest BCUT2D eigenvalue weighted by Crippen LogP contribution is 2.23. The Labute approximate surface area is 139 Å². The molecule has 0 spiro atoms. The molecule has 1 aromatic carbocycles. The molecule has 1 aromatic rings. The van der Waals surface area contributed by atoms with Crippen molar-refractivity contribution in [2.45, 2.75) is 44.9 Å². The predicted octanol–water partition coefficient (Wildman–Crippen LogP) is 2.44. The first-order chi connectivity index (χ1) is 10.0. The van der Waals surface area contributed by atoms with Gasteiger partial charge >= 0.3 is 0 Å². The number of ether oxygens (including phenoxy) is 2. The second-order valence-corrected chi connectivity index (χ2v) is 5.12. The van der Waals surface area contributed by atoms with Gasteiger partial charge in [-0.3, -0.25) is 4.79 Å². The van der Waals surface area contributed by atoms with Crippen LogP contribution >= 0.6 is 12.4 Å². The van der Waals surface area contributed by atoms with Gasteiger partial charge in [-0.25, -0.2) is 0 Å². The highest BCUT2D eigenvalue weighted by molar-refractivity contribution is 5.85. The van der Waals surface area contributed by atoms with Gasteiger partial charge in [-0.1, -0.05) is 25.5 Å². The Morgan fingerprint density at radius 3 is 2.32 bits per heavy atom. The molecule has 1 amide bonds. The third-order valence-electron chi connectivity index (χ3n) is 3.46. The first kappa shape index (κ1) is 20.7. The lowest BCUT2D eigenvalue weighted by atomic mass is 10.0. The van der Waals surface area contributed by atoms with Gasteiger partial charge in [0.1, 0.15) is 11.9 Å². The molecular weight excluding hydrogens is 304 g/mol. The molecule has 0 aliphatic carbocycles. The number of nitrogens with two attached hydrogens (primary N) is 1. The van der Waals surface area contributed by atoms with Crippen molar-refractivity contribution in [1.29, 1.82) is 0 Å². The molecule has 0 aliphatic rings. The molecule has 0 heterocycles. The van der Waals surface area contributed by atoms with Crippen molar-refractivity contribution >= 4 is 18.3 Å². The van der Waals surface area contributed by atoms with Crippen LogP contribution in [0.5, 0.6) is 5.75 Å². The van der Waals surface area contributed by atoms with Crippen LogP contribution in [0, 0.1) is 0 Å². The molecule has 6 heteroatoms. The van der Waals surface area contributed by atoms with E-state index < -0.39 is 6.04 Å². The normalized spacial score (nSPS) is 14.4. The van der Waals surface area contributed by atoms with E-state index in [0.717, 1.165) is 17.7 Å². The fourth-order valence-electron chi connectivity index (χ4n) is 2.27. The van der Waals surface area contributed by atoms with E-state index in [9.17, 15) is 4.79 Å². The second-order valence-electron chi connectivity index (χ2n) is 5.12. The Morgan fingerprint density at radius 2 is 1.86 bits per heavy atom. The molecule has 1 rings (SSSR count). The zero-order chi connectivity index (χ0) is 15.8. The summed E-state index contributed by atoms with van der Waals surface area (Å²) in [6.45, 7) is 3.92. The third kappa shape index (κ3) is 5.83. The number of carbonyl (C=O) groups excluding carboxylic acids is 1. The van der Waals surface area contributed by atoms with Crippen LogP contribution < -0.4 is 15.8 Å². The molecule has 3 N–H and O–H groups in total. The summed E-state index contributed by atoms with van der Waals surface area (Å²) in [4.78, 5) is 12.0. The molecule has 0 radical (unpaired) electrons. The molecule has 3 atom stereocenters. The highest BCUT2D eigenvalue weighted by Gasteiger charge is 2.23. The third-order valence-corrected chi connectivity index (χ3v) is 3.46. The summed E-state index contributed by atoms with van der Waals surface area (Å²) in [6.07, 6.45) is 1.34. The zero-order valence-corrected chi connectivity index (χ0v) is 14.5. The fraction of sp³-hybridized carbons (Fsp3) is 0.562. The lowest BCUT2D eigenvalue weighted by Crippen LogP contribution is -2.46. The van der Waals surface area contributed by atoms with Gasteiger partial charge in [0.25, 0.3) is 0 Å². The minimum Gasteiger partial charge on any atom is -0.497 e. The Bertz CT molecular complexity index is 440. The highest BCUT2D eigenvalue weighted by atomic mass is 35.5. The van der Waals surface area contributed by atoms with E-state index in [1.807, 2.05) is 38.1 Å². The summed E-state index contributed by atoms with van der Waals surface area (Å²) in [6, 6.07) is 6.98. The van der Waals surface area contributed by atoms with Gasteiger partial charge in [-0.15, -0.1) is 12.4 Å². The number of benzene rings is 1. The van der Waals surface area contributed by atoms with Crippen LogP contribution in [0.3, 0.4) is 0 Å². The number of nitrogens with one attached hydrogen (secondary N) is 1. The van der Waals surface area contributed by atoms with Crippen LogP contribution in [-0.4, -0.2) is 32.2 Å². The fourth-order valence-corrected chi connectivity index (χ4v) is 2.27. The number of amides is 1. The van der Waals surface area contributed by atoms with E-state index in [1.165, 1.54) is 0 Å². The number of hydrogen-bond acceptors (Lipinski definition) is 4. The van der Waals surface area contributed by atoms with E-state index in [2.05, 4.69) is 5.32 Å². The largest absolute Gasteiger partial charge is 0.497 e. The quantitative estimate of drug-likeness (QED) is 0.767. The van der Waals surface area contributed by atoms with Crippen molar-refractivity contribution in [2.24, 2.45) is 5.73 Å². The van der Waals surface area contributed by atoms with Crippen LogP contribution in [0.4, 0.5) is 0 Å². The zero-order valence-electron chi connectivity index (χ0n) is 13.7. The van der Waals surface area contributed by atoms with Crippen LogP contribution in [-0.2, 0) is 9.53 Å². The second kappa shape index (κ2) is 10.4. The lowest BCUT2D eigenvalue weighted by molar-refractivity contribution is -0.124. The van der Waals surface area contributed by atoms with E-state index in [1.54, 1.807) is 14.2 Å². The lowest BCUT2D eigenvalue weighted by Gasteiger charge is -2.25. The average Bonchev–Trinajstić information content (AvgIpc) is 2.48. The first-order valence-corrected chi connectivity index (χ1v) is 7.26. The van der Waals surface area contributed by atoms with Crippen LogP contribution in [0.2, 0.25) is 0 Å². The maximum Gasteiger partial charge on any atom is 0.237 e. The van der Waals surface area contributed by atoms with Gasteiger partial charge in [0, 0.05) is 7.11 Å². The average molecular weight is 331 g/mol. The van der Waals surface area contributed by atoms with Gasteiger partial charge in [0.05, 0.1) is 19.2 Å². The SMILES string of the molecule is CCCC(N)C(=O)NC(C)C(OC)c1ccc(OC)cc1.Cl. The molecule has 5 nitrogen and oxygen atoms in total. The van der Waals surface area contributed by atoms with Crippen molar-refractivity contribution in [3.05, 3.63) is 29.8 Å². The Morgan fingerprint density at radius 1 is 1.27 bits per heavy atom. The van der Waals surface area contributed by atoms with E-state index in [0.29, 0.717) is 6.42 Å². The Balaban J connectivity index is 0.00000441. The number of carbonyl (C=O) groups is 1. The summed E-state index contributed by atoms with van der Waals surface area (Å²) in [5.74, 6) is 0.648. The molecule has 0 bridgehead atoms. The van der Waals surface area contributed by atoms with Crippen LogP contribution in [0.25, 0.3) is 0 Å². The molecule has 0 aliphatic heterocycles. The Hall–Kier alpha value is -1.30. The number of rotatable bonds is 8. The predicted molar refractivity (Wildman–Crippen MR) is 90.5 cm³/mol.